The van der Waals surface area contributed by atoms with Crippen molar-refractivity contribution in [2.75, 3.05) is 13.1 Å². The fourth-order valence-electron chi connectivity index (χ4n) is 3.79. The highest BCUT2D eigenvalue weighted by molar-refractivity contribution is 5.94. The van der Waals surface area contributed by atoms with Crippen LogP contribution in [0.15, 0.2) is 53.6 Å². The molecule has 2 amide bonds. The van der Waals surface area contributed by atoms with E-state index in [4.69, 9.17) is 0 Å². The normalized spacial score (nSPS) is 14.9. The van der Waals surface area contributed by atoms with Crippen LogP contribution >= 0.6 is 0 Å². The molecular formula is C21H23N5O3. The molecule has 8 nitrogen and oxygen atoms in total. The second-order valence-corrected chi connectivity index (χ2v) is 7.29. The third kappa shape index (κ3) is 3.78. The largest absolute Gasteiger partial charge is 0.349 e. The number of aryl methyl sites for hydroxylation is 1. The van der Waals surface area contributed by atoms with Crippen molar-refractivity contribution in [1.29, 1.82) is 0 Å². The van der Waals surface area contributed by atoms with Gasteiger partial charge in [0.05, 0.1) is 16.6 Å². The van der Waals surface area contributed by atoms with Gasteiger partial charge in [-0.15, -0.1) is 0 Å². The molecule has 0 atom stereocenters. The third-order valence-corrected chi connectivity index (χ3v) is 5.45. The highest BCUT2D eigenvalue weighted by atomic mass is 16.2. The molecule has 8 heteroatoms. The highest BCUT2D eigenvalue weighted by Crippen LogP contribution is 2.14. The molecule has 0 unspecified atom stereocenters. The van der Waals surface area contributed by atoms with Crippen molar-refractivity contribution in [3.63, 3.8) is 0 Å². The number of rotatable bonds is 4. The van der Waals surface area contributed by atoms with E-state index in [9.17, 15) is 14.4 Å². The van der Waals surface area contributed by atoms with E-state index in [1.165, 1.54) is 10.8 Å². The van der Waals surface area contributed by atoms with E-state index in [0.717, 1.165) is 11.0 Å². The van der Waals surface area contributed by atoms with E-state index in [2.05, 4.69) is 10.3 Å². The van der Waals surface area contributed by atoms with E-state index >= 15 is 0 Å². The number of aromatic nitrogens is 3. The van der Waals surface area contributed by atoms with Crippen molar-refractivity contribution in [3.05, 3.63) is 64.8 Å². The van der Waals surface area contributed by atoms with Gasteiger partial charge in [-0.05, 0) is 37.1 Å². The molecule has 4 rings (SSSR count). The molecule has 1 saturated heterocycles. The molecule has 1 fully saturated rings. The Hall–Kier alpha value is -3.42. The number of hydrogen-bond acceptors (Lipinski definition) is 4. The van der Waals surface area contributed by atoms with E-state index in [-0.39, 0.29) is 30.1 Å². The first kappa shape index (κ1) is 18.9. The molecule has 0 aliphatic carbocycles. The fourth-order valence-corrected chi connectivity index (χ4v) is 3.79. The van der Waals surface area contributed by atoms with Crippen LogP contribution in [0.25, 0.3) is 11.0 Å². The van der Waals surface area contributed by atoms with Gasteiger partial charge in [0.15, 0.2) is 0 Å². The van der Waals surface area contributed by atoms with Gasteiger partial charge in [-0.3, -0.25) is 23.7 Å². The predicted octanol–water partition coefficient (Wildman–Crippen LogP) is 1.16. The van der Waals surface area contributed by atoms with Crippen LogP contribution < -0.4 is 11.0 Å². The van der Waals surface area contributed by atoms with E-state index in [1.54, 1.807) is 34.8 Å². The Morgan fingerprint density at radius 2 is 1.83 bits per heavy atom. The second-order valence-electron chi connectivity index (χ2n) is 7.29. The Morgan fingerprint density at radius 3 is 2.52 bits per heavy atom. The van der Waals surface area contributed by atoms with Crippen LogP contribution in [0.2, 0.25) is 0 Å². The summed E-state index contributed by atoms with van der Waals surface area (Å²) in [5, 5.41) is 3.01. The number of piperidine rings is 1. The lowest BCUT2D eigenvalue weighted by molar-refractivity contribution is -0.132. The van der Waals surface area contributed by atoms with E-state index < -0.39 is 0 Å². The molecular weight excluding hydrogens is 370 g/mol. The minimum Gasteiger partial charge on any atom is -0.349 e. The number of para-hydroxylation sites is 2. The van der Waals surface area contributed by atoms with Crippen molar-refractivity contribution >= 4 is 22.8 Å². The smallest absolute Gasteiger partial charge is 0.329 e. The summed E-state index contributed by atoms with van der Waals surface area (Å²) in [6.07, 6.45) is 4.53. The number of pyridine rings is 1. The lowest BCUT2D eigenvalue weighted by atomic mass is 10.0. The molecule has 0 bridgehead atoms. The molecule has 0 saturated carbocycles. The maximum atomic E-state index is 12.8. The zero-order valence-electron chi connectivity index (χ0n) is 16.2. The highest BCUT2D eigenvalue weighted by Gasteiger charge is 2.25. The lowest BCUT2D eigenvalue weighted by Crippen LogP contribution is -2.47. The van der Waals surface area contributed by atoms with Crippen LogP contribution in [0, 0.1) is 0 Å². The first-order valence-corrected chi connectivity index (χ1v) is 9.67. The van der Waals surface area contributed by atoms with E-state index in [1.807, 2.05) is 24.3 Å². The molecule has 1 aliphatic heterocycles. The van der Waals surface area contributed by atoms with Gasteiger partial charge in [-0.25, -0.2) is 4.79 Å². The Bertz CT molecular complexity index is 1090. The zero-order valence-corrected chi connectivity index (χ0v) is 16.2. The Balaban J connectivity index is 1.37. The third-order valence-electron chi connectivity index (χ3n) is 5.45. The number of carbonyl (C=O) groups excluding carboxylic acids is 2. The first-order valence-electron chi connectivity index (χ1n) is 9.67. The number of fused-ring (bicyclic) bond motifs is 1. The SMILES string of the molecule is Cn1c(=O)n(CC(=O)N2CCC(NC(=O)c3cccnc3)CC2)c2ccccc21. The van der Waals surface area contributed by atoms with Crippen molar-refractivity contribution in [1.82, 2.24) is 24.3 Å². The minimum atomic E-state index is -0.196. The molecule has 1 aromatic carbocycles. The van der Waals surface area contributed by atoms with Crippen molar-refractivity contribution in [2.45, 2.75) is 25.4 Å². The summed E-state index contributed by atoms with van der Waals surface area (Å²) < 4.78 is 3.08. The zero-order chi connectivity index (χ0) is 20.4. The van der Waals surface area contributed by atoms with Gasteiger partial charge in [0, 0.05) is 38.6 Å². The summed E-state index contributed by atoms with van der Waals surface area (Å²) in [6.45, 7) is 1.12. The average Bonchev–Trinajstić information content (AvgIpc) is 3.00. The number of amides is 2. The number of nitrogens with one attached hydrogen (secondary N) is 1. The minimum absolute atomic E-state index is 0.0204. The topological polar surface area (TPSA) is 89.2 Å². The summed E-state index contributed by atoms with van der Waals surface area (Å²) in [4.78, 5) is 43.3. The van der Waals surface area contributed by atoms with Crippen molar-refractivity contribution < 1.29 is 9.59 Å². The lowest BCUT2D eigenvalue weighted by Gasteiger charge is -2.32. The van der Waals surface area contributed by atoms with Gasteiger partial charge >= 0.3 is 5.69 Å². The molecule has 1 aliphatic rings. The maximum absolute atomic E-state index is 12.8. The van der Waals surface area contributed by atoms with Gasteiger partial charge in [0.25, 0.3) is 5.91 Å². The van der Waals surface area contributed by atoms with Crippen molar-refractivity contribution in [2.24, 2.45) is 7.05 Å². The second kappa shape index (κ2) is 7.90. The van der Waals surface area contributed by atoms with Gasteiger partial charge in [0.1, 0.15) is 6.54 Å². The van der Waals surface area contributed by atoms with Crippen LogP contribution in [0.3, 0.4) is 0 Å². The molecule has 0 spiro atoms. The standard InChI is InChI=1S/C21H23N5O3/c1-24-17-6-2-3-7-18(17)26(21(24)29)14-19(27)25-11-8-16(9-12-25)23-20(28)15-5-4-10-22-13-15/h2-7,10,13,16H,8-9,11-12,14H2,1H3,(H,23,28). The number of likely N-dealkylation sites (tertiary alicyclic amines) is 1. The van der Waals surface area contributed by atoms with Crippen LogP contribution in [0.5, 0.6) is 0 Å². The summed E-state index contributed by atoms with van der Waals surface area (Å²) in [5.74, 6) is -0.231. The Morgan fingerprint density at radius 1 is 1.10 bits per heavy atom. The van der Waals surface area contributed by atoms with Gasteiger partial charge in [-0.2, -0.15) is 0 Å². The molecule has 3 aromatic rings. The molecule has 0 radical (unpaired) electrons. The van der Waals surface area contributed by atoms with Crippen molar-refractivity contribution in [3.8, 4) is 0 Å². The van der Waals surface area contributed by atoms with Gasteiger partial charge in [-0.1, -0.05) is 12.1 Å². The molecule has 29 heavy (non-hydrogen) atoms. The fraction of sp³-hybridized carbons (Fsp3) is 0.333. The number of benzene rings is 1. The number of nitrogens with zero attached hydrogens (tertiary/aromatic N) is 4. The number of imidazole rings is 1. The molecule has 1 N–H and O–H groups in total. The Kier molecular flexibility index (Phi) is 5.16. The van der Waals surface area contributed by atoms with Crippen LogP contribution in [-0.2, 0) is 18.4 Å². The summed E-state index contributed by atoms with van der Waals surface area (Å²) in [7, 11) is 1.71. The van der Waals surface area contributed by atoms with E-state index in [0.29, 0.717) is 31.5 Å². The van der Waals surface area contributed by atoms with Crippen LogP contribution in [0.1, 0.15) is 23.2 Å². The number of carbonyl (C=O) groups is 2. The average molecular weight is 393 g/mol. The van der Waals surface area contributed by atoms with Gasteiger partial charge < -0.3 is 10.2 Å². The molecule has 2 aromatic heterocycles. The summed E-state index contributed by atoms with van der Waals surface area (Å²) >= 11 is 0. The van der Waals surface area contributed by atoms with Crippen LogP contribution in [0.4, 0.5) is 0 Å². The quantitative estimate of drug-likeness (QED) is 0.720. The Labute approximate surface area is 167 Å². The maximum Gasteiger partial charge on any atom is 0.329 e. The first-order chi connectivity index (χ1) is 14.0. The summed E-state index contributed by atoms with van der Waals surface area (Å²) in [5.41, 5.74) is 1.90. The van der Waals surface area contributed by atoms with Gasteiger partial charge in [0.2, 0.25) is 5.91 Å². The monoisotopic (exact) mass is 393 g/mol. The van der Waals surface area contributed by atoms with Crippen LogP contribution in [-0.4, -0.2) is 50.0 Å². The number of hydrogen-bond donors (Lipinski definition) is 1. The predicted molar refractivity (Wildman–Crippen MR) is 108 cm³/mol. The summed E-state index contributed by atoms with van der Waals surface area (Å²) in [6, 6.07) is 10.9. The molecule has 3 heterocycles. The molecule has 150 valence electrons.